The third-order valence-electron chi connectivity index (χ3n) is 2.99. The number of thiazole rings is 1. The molecule has 0 unspecified atom stereocenters. The number of rotatable bonds is 3. The van der Waals surface area contributed by atoms with Crippen LogP contribution < -0.4 is 5.32 Å². The first-order valence-corrected chi connectivity index (χ1v) is 8.54. The van der Waals surface area contributed by atoms with Gasteiger partial charge in [0.15, 0.2) is 5.13 Å². The van der Waals surface area contributed by atoms with Crippen LogP contribution in [0.5, 0.6) is 0 Å². The average molecular weight is 310 g/mol. The molecule has 0 saturated carbocycles. The van der Waals surface area contributed by atoms with E-state index in [2.05, 4.69) is 31.1 Å². The fourth-order valence-electron chi connectivity index (χ4n) is 1.75. The molecule has 108 valence electrons. The zero-order chi connectivity index (χ0) is 15.0. The molecule has 20 heavy (non-hydrogen) atoms. The van der Waals surface area contributed by atoms with Crippen LogP contribution in [0.2, 0.25) is 0 Å². The molecule has 6 heteroatoms. The Bertz CT molecular complexity index is 696. The summed E-state index contributed by atoms with van der Waals surface area (Å²) in [6, 6.07) is 7.06. The van der Waals surface area contributed by atoms with Crippen LogP contribution in [0, 0.1) is 0 Å². The quantitative estimate of drug-likeness (QED) is 0.945. The number of hydrogen-bond acceptors (Lipinski definition) is 5. The Morgan fingerprint density at radius 3 is 2.20 bits per heavy atom. The molecule has 2 rings (SSSR count). The first-order chi connectivity index (χ1) is 9.25. The van der Waals surface area contributed by atoms with Gasteiger partial charge in [-0.2, -0.15) is 0 Å². The Morgan fingerprint density at radius 1 is 1.15 bits per heavy atom. The van der Waals surface area contributed by atoms with Crippen molar-refractivity contribution < 1.29 is 8.42 Å². The summed E-state index contributed by atoms with van der Waals surface area (Å²) in [7, 11) is -1.76. The highest BCUT2D eigenvalue weighted by Crippen LogP contribution is 2.30. The monoisotopic (exact) mass is 310 g/mol. The minimum atomic E-state index is -3.47. The Morgan fingerprint density at radius 2 is 1.75 bits per heavy atom. The molecule has 0 aliphatic carbocycles. The Hall–Kier alpha value is -1.40. The molecule has 1 aromatic carbocycles. The zero-order valence-electron chi connectivity index (χ0n) is 12.0. The van der Waals surface area contributed by atoms with Crippen molar-refractivity contribution in [2.45, 2.75) is 35.3 Å². The fourth-order valence-corrected chi connectivity index (χ4v) is 4.14. The maximum absolute atomic E-state index is 12.5. The first kappa shape index (κ1) is 15.0. The largest absolute Gasteiger partial charge is 0.365 e. The van der Waals surface area contributed by atoms with Crippen molar-refractivity contribution in [2.24, 2.45) is 0 Å². The number of hydrogen-bond donors (Lipinski definition) is 1. The van der Waals surface area contributed by atoms with Gasteiger partial charge in [-0.3, -0.25) is 0 Å². The van der Waals surface area contributed by atoms with E-state index in [0.717, 1.165) is 16.9 Å². The van der Waals surface area contributed by atoms with E-state index in [0.29, 0.717) is 10.0 Å². The molecular weight excluding hydrogens is 292 g/mol. The maximum atomic E-state index is 12.5. The van der Waals surface area contributed by atoms with Crippen molar-refractivity contribution in [3.05, 3.63) is 36.0 Å². The van der Waals surface area contributed by atoms with E-state index in [4.69, 9.17) is 0 Å². The molecule has 1 N–H and O–H groups in total. The summed E-state index contributed by atoms with van der Waals surface area (Å²) in [4.78, 5) is 4.31. The molecule has 1 heterocycles. The summed E-state index contributed by atoms with van der Waals surface area (Å²) >= 11 is 1.13. The van der Waals surface area contributed by atoms with Gasteiger partial charge in [-0.05, 0) is 23.1 Å². The number of nitrogens with one attached hydrogen (secondary N) is 1. The van der Waals surface area contributed by atoms with E-state index in [1.54, 1.807) is 19.2 Å². The van der Waals surface area contributed by atoms with Gasteiger partial charge in [-0.25, -0.2) is 13.4 Å². The molecule has 4 nitrogen and oxygen atoms in total. The SMILES string of the molecule is CNc1ncc(S(=O)(=O)c2ccc(C(C)(C)C)cc2)s1. The zero-order valence-corrected chi connectivity index (χ0v) is 13.6. The van der Waals surface area contributed by atoms with E-state index < -0.39 is 9.84 Å². The highest BCUT2D eigenvalue weighted by atomic mass is 32.2. The molecule has 0 saturated heterocycles. The molecule has 0 fully saturated rings. The maximum Gasteiger partial charge on any atom is 0.217 e. The van der Waals surface area contributed by atoms with E-state index in [1.807, 2.05) is 12.1 Å². The van der Waals surface area contributed by atoms with Gasteiger partial charge in [0.2, 0.25) is 9.84 Å². The van der Waals surface area contributed by atoms with Gasteiger partial charge in [-0.15, -0.1) is 0 Å². The smallest absolute Gasteiger partial charge is 0.217 e. The van der Waals surface area contributed by atoms with E-state index in [-0.39, 0.29) is 9.62 Å². The third kappa shape index (κ3) is 2.86. The highest BCUT2D eigenvalue weighted by molar-refractivity contribution is 7.93. The summed E-state index contributed by atoms with van der Waals surface area (Å²) < 4.78 is 25.2. The average Bonchev–Trinajstić information content (AvgIpc) is 2.87. The standard InChI is InChI=1S/C14H18N2O2S2/c1-14(2,3)10-5-7-11(8-6-10)20(17,18)12-9-16-13(15-4)19-12/h5-9H,1-4H3,(H,15,16). The van der Waals surface area contributed by atoms with Crippen LogP contribution in [0.1, 0.15) is 26.3 Å². The highest BCUT2D eigenvalue weighted by Gasteiger charge is 2.22. The Balaban J connectivity index is 2.40. The van der Waals surface area contributed by atoms with Crippen molar-refractivity contribution in [3.63, 3.8) is 0 Å². The van der Waals surface area contributed by atoms with E-state index >= 15 is 0 Å². The molecule has 0 aliphatic rings. The first-order valence-electron chi connectivity index (χ1n) is 6.24. The summed E-state index contributed by atoms with van der Waals surface area (Å²) in [6.07, 6.45) is 1.39. The molecule has 0 bridgehead atoms. The predicted molar refractivity (Wildman–Crippen MR) is 82.3 cm³/mol. The molecule has 0 atom stereocenters. The third-order valence-corrected chi connectivity index (χ3v) is 6.24. The van der Waals surface area contributed by atoms with Gasteiger partial charge in [-0.1, -0.05) is 44.2 Å². The Labute approximate surface area is 123 Å². The molecule has 0 amide bonds. The van der Waals surface area contributed by atoms with Crippen molar-refractivity contribution in [1.29, 1.82) is 0 Å². The summed E-state index contributed by atoms with van der Waals surface area (Å²) in [5.41, 5.74) is 1.11. The lowest BCUT2D eigenvalue weighted by molar-refractivity contribution is 0.586. The van der Waals surface area contributed by atoms with E-state index in [9.17, 15) is 8.42 Å². The summed E-state index contributed by atoms with van der Waals surface area (Å²) in [6.45, 7) is 6.29. The molecule has 1 aromatic heterocycles. The number of benzene rings is 1. The van der Waals surface area contributed by atoms with Gasteiger partial charge < -0.3 is 5.32 Å². The minimum Gasteiger partial charge on any atom is -0.365 e. The normalized spacial score (nSPS) is 12.4. The van der Waals surface area contributed by atoms with Crippen molar-refractivity contribution in [2.75, 3.05) is 12.4 Å². The van der Waals surface area contributed by atoms with Crippen LogP contribution in [0.25, 0.3) is 0 Å². The lowest BCUT2D eigenvalue weighted by Gasteiger charge is -2.19. The Kier molecular flexibility index (Phi) is 3.88. The number of anilines is 1. The number of nitrogens with zero attached hydrogens (tertiary/aromatic N) is 1. The lowest BCUT2D eigenvalue weighted by Crippen LogP contribution is -2.11. The fraction of sp³-hybridized carbons (Fsp3) is 0.357. The van der Waals surface area contributed by atoms with Gasteiger partial charge in [0, 0.05) is 7.05 Å². The summed E-state index contributed by atoms with van der Waals surface area (Å²) in [5.74, 6) is 0. The van der Waals surface area contributed by atoms with Gasteiger partial charge >= 0.3 is 0 Å². The van der Waals surface area contributed by atoms with Gasteiger partial charge in [0.1, 0.15) is 4.21 Å². The molecular formula is C14H18N2O2S2. The molecule has 2 aromatic rings. The van der Waals surface area contributed by atoms with Crippen LogP contribution in [0.4, 0.5) is 5.13 Å². The van der Waals surface area contributed by atoms with E-state index in [1.165, 1.54) is 6.20 Å². The van der Waals surface area contributed by atoms with Crippen LogP contribution in [0.15, 0.2) is 39.6 Å². The van der Waals surface area contributed by atoms with Crippen LogP contribution in [-0.2, 0) is 15.3 Å². The predicted octanol–water partition coefficient (Wildman–Crippen LogP) is 3.32. The number of sulfone groups is 1. The van der Waals surface area contributed by atoms with Gasteiger partial charge in [0.25, 0.3) is 0 Å². The second kappa shape index (κ2) is 5.18. The second-order valence-corrected chi connectivity index (χ2v) is 8.72. The lowest BCUT2D eigenvalue weighted by atomic mass is 9.87. The van der Waals surface area contributed by atoms with Crippen LogP contribution in [0.3, 0.4) is 0 Å². The van der Waals surface area contributed by atoms with Crippen LogP contribution >= 0.6 is 11.3 Å². The van der Waals surface area contributed by atoms with Crippen molar-refractivity contribution in [3.8, 4) is 0 Å². The number of aromatic nitrogens is 1. The van der Waals surface area contributed by atoms with Gasteiger partial charge in [0.05, 0.1) is 11.1 Å². The van der Waals surface area contributed by atoms with Crippen molar-refractivity contribution in [1.82, 2.24) is 4.98 Å². The summed E-state index contributed by atoms with van der Waals surface area (Å²) in [5, 5.41) is 3.44. The molecule has 0 spiro atoms. The molecule has 0 aliphatic heterocycles. The minimum absolute atomic E-state index is 0.00603. The van der Waals surface area contributed by atoms with Crippen LogP contribution in [-0.4, -0.2) is 20.4 Å². The van der Waals surface area contributed by atoms with Crippen molar-refractivity contribution >= 4 is 26.3 Å². The topological polar surface area (TPSA) is 59.1 Å². The second-order valence-electron chi connectivity index (χ2n) is 5.51. The molecule has 0 radical (unpaired) electrons.